The molecule has 0 radical (unpaired) electrons. The van der Waals surface area contributed by atoms with E-state index >= 15 is 0 Å². The van der Waals surface area contributed by atoms with Crippen molar-refractivity contribution in [3.63, 3.8) is 0 Å². The number of hydrogen-bond acceptors (Lipinski definition) is 6. The number of sulfonamides is 1. The molecule has 0 atom stereocenters. The van der Waals surface area contributed by atoms with Crippen molar-refractivity contribution in [2.24, 2.45) is 0 Å². The largest absolute Gasteiger partial charge is 0.343 e. The van der Waals surface area contributed by atoms with Crippen LogP contribution in [0, 0.1) is 13.8 Å². The smallest absolute Gasteiger partial charge is 0.258 e. The molecular weight excluding hydrogens is 440 g/mol. The molecule has 1 aliphatic heterocycles. The van der Waals surface area contributed by atoms with Crippen molar-refractivity contribution in [3.8, 4) is 11.5 Å². The van der Waals surface area contributed by atoms with Crippen LogP contribution in [0.3, 0.4) is 0 Å². The van der Waals surface area contributed by atoms with Crippen LogP contribution in [-0.4, -0.2) is 49.0 Å². The SMILES string of the molecule is Cc1ccc(S(=O)(=O)NCCC(=O)N2CCC(c3noc(-c4ccccc4C)n3)CC2)cc1. The van der Waals surface area contributed by atoms with Gasteiger partial charge in [0, 0.05) is 37.5 Å². The first-order valence-corrected chi connectivity index (χ1v) is 12.6. The number of aryl methyl sites for hydroxylation is 2. The van der Waals surface area contributed by atoms with Crippen molar-refractivity contribution in [2.45, 2.75) is 43.9 Å². The molecule has 0 unspecified atom stereocenters. The van der Waals surface area contributed by atoms with E-state index in [-0.39, 0.29) is 29.7 Å². The van der Waals surface area contributed by atoms with Crippen LogP contribution in [0.4, 0.5) is 0 Å². The predicted octanol–water partition coefficient (Wildman–Crippen LogP) is 3.43. The van der Waals surface area contributed by atoms with E-state index in [0.29, 0.717) is 24.8 Å². The number of amides is 1. The Morgan fingerprint density at radius 3 is 2.48 bits per heavy atom. The molecule has 4 rings (SSSR count). The lowest BCUT2D eigenvalue weighted by molar-refractivity contribution is -0.132. The van der Waals surface area contributed by atoms with Crippen molar-refractivity contribution < 1.29 is 17.7 Å². The van der Waals surface area contributed by atoms with Gasteiger partial charge in [0.1, 0.15) is 0 Å². The predicted molar refractivity (Wildman–Crippen MR) is 124 cm³/mol. The Hall–Kier alpha value is -3.04. The number of carbonyl (C=O) groups excluding carboxylic acids is 1. The highest BCUT2D eigenvalue weighted by atomic mass is 32.2. The van der Waals surface area contributed by atoms with Gasteiger partial charge < -0.3 is 9.42 Å². The summed E-state index contributed by atoms with van der Waals surface area (Å²) in [6, 6.07) is 14.5. The molecule has 2 aromatic carbocycles. The van der Waals surface area contributed by atoms with Gasteiger partial charge in [0.2, 0.25) is 15.9 Å². The maximum absolute atomic E-state index is 12.6. The molecule has 1 aliphatic rings. The maximum atomic E-state index is 12.6. The molecule has 9 heteroatoms. The lowest BCUT2D eigenvalue weighted by Crippen LogP contribution is -2.39. The number of hydrogen-bond donors (Lipinski definition) is 1. The van der Waals surface area contributed by atoms with Crippen LogP contribution in [0.1, 0.15) is 42.1 Å². The molecule has 174 valence electrons. The number of nitrogens with zero attached hydrogens (tertiary/aromatic N) is 3. The molecule has 1 amide bonds. The lowest BCUT2D eigenvalue weighted by atomic mass is 9.96. The standard InChI is InChI=1S/C24H28N4O4S/c1-17-7-9-20(10-8-17)33(30,31)25-14-11-22(29)28-15-12-19(13-16-28)23-26-24(32-27-23)21-6-4-3-5-18(21)2/h3-10,19,25H,11-16H2,1-2H3. The first-order chi connectivity index (χ1) is 15.8. The molecule has 8 nitrogen and oxygen atoms in total. The van der Waals surface area contributed by atoms with Crippen molar-refractivity contribution >= 4 is 15.9 Å². The monoisotopic (exact) mass is 468 g/mol. The number of nitrogens with one attached hydrogen (secondary N) is 1. The maximum Gasteiger partial charge on any atom is 0.258 e. The van der Waals surface area contributed by atoms with E-state index in [1.54, 1.807) is 29.2 Å². The van der Waals surface area contributed by atoms with Crippen LogP contribution in [0.2, 0.25) is 0 Å². The zero-order valence-electron chi connectivity index (χ0n) is 18.8. The third kappa shape index (κ3) is 5.48. The second-order valence-electron chi connectivity index (χ2n) is 8.39. The Bertz CT molecular complexity index is 1210. The Morgan fingerprint density at radius 2 is 1.79 bits per heavy atom. The van der Waals surface area contributed by atoms with E-state index in [0.717, 1.165) is 29.5 Å². The number of likely N-dealkylation sites (tertiary alicyclic amines) is 1. The van der Waals surface area contributed by atoms with Crippen LogP contribution in [0.15, 0.2) is 57.9 Å². The summed E-state index contributed by atoms with van der Waals surface area (Å²) < 4.78 is 32.7. The Balaban J connectivity index is 1.26. The van der Waals surface area contributed by atoms with Gasteiger partial charge in [-0.2, -0.15) is 4.98 Å². The van der Waals surface area contributed by atoms with Gasteiger partial charge in [-0.1, -0.05) is 41.1 Å². The van der Waals surface area contributed by atoms with Crippen LogP contribution in [0.25, 0.3) is 11.5 Å². The second kappa shape index (κ2) is 9.84. The highest BCUT2D eigenvalue weighted by molar-refractivity contribution is 7.89. The van der Waals surface area contributed by atoms with Gasteiger partial charge in [0.05, 0.1) is 4.90 Å². The third-order valence-electron chi connectivity index (χ3n) is 5.99. The molecule has 33 heavy (non-hydrogen) atoms. The summed E-state index contributed by atoms with van der Waals surface area (Å²) >= 11 is 0. The van der Waals surface area contributed by atoms with E-state index in [1.807, 2.05) is 38.1 Å². The van der Waals surface area contributed by atoms with Gasteiger partial charge in [-0.3, -0.25) is 4.79 Å². The van der Waals surface area contributed by atoms with Gasteiger partial charge >= 0.3 is 0 Å². The summed E-state index contributed by atoms with van der Waals surface area (Å²) in [5, 5.41) is 4.17. The minimum absolute atomic E-state index is 0.0613. The molecule has 0 spiro atoms. The summed E-state index contributed by atoms with van der Waals surface area (Å²) in [7, 11) is -3.62. The molecule has 1 fully saturated rings. The number of benzene rings is 2. The molecule has 1 N–H and O–H groups in total. The van der Waals surface area contributed by atoms with Crippen molar-refractivity contribution in [2.75, 3.05) is 19.6 Å². The molecule has 0 aliphatic carbocycles. The van der Waals surface area contributed by atoms with E-state index in [2.05, 4.69) is 14.9 Å². The zero-order valence-corrected chi connectivity index (χ0v) is 19.6. The summed E-state index contributed by atoms with van der Waals surface area (Å²) in [6.45, 7) is 5.14. The van der Waals surface area contributed by atoms with Gasteiger partial charge in [-0.15, -0.1) is 0 Å². The van der Waals surface area contributed by atoms with E-state index in [4.69, 9.17) is 4.52 Å². The van der Waals surface area contributed by atoms with E-state index < -0.39 is 10.0 Å². The summed E-state index contributed by atoms with van der Waals surface area (Å²) in [4.78, 5) is 19.1. The fraction of sp³-hybridized carbons (Fsp3) is 0.375. The van der Waals surface area contributed by atoms with Gasteiger partial charge in [-0.05, 0) is 50.5 Å². The van der Waals surface area contributed by atoms with Gasteiger partial charge in [0.25, 0.3) is 5.89 Å². The Morgan fingerprint density at radius 1 is 1.09 bits per heavy atom. The van der Waals surface area contributed by atoms with Crippen LogP contribution < -0.4 is 4.72 Å². The Labute approximate surface area is 194 Å². The van der Waals surface area contributed by atoms with Crippen LogP contribution in [-0.2, 0) is 14.8 Å². The average molecular weight is 469 g/mol. The van der Waals surface area contributed by atoms with Gasteiger partial charge in [-0.25, -0.2) is 13.1 Å². The number of aromatic nitrogens is 2. The average Bonchev–Trinajstić information content (AvgIpc) is 3.29. The van der Waals surface area contributed by atoms with Crippen molar-refractivity contribution in [3.05, 3.63) is 65.5 Å². The fourth-order valence-electron chi connectivity index (χ4n) is 3.96. The first kappa shape index (κ1) is 23.1. The lowest BCUT2D eigenvalue weighted by Gasteiger charge is -2.30. The number of rotatable bonds is 7. The highest BCUT2D eigenvalue weighted by Gasteiger charge is 2.27. The number of piperidine rings is 1. The minimum Gasteiger partial charge on any atom is -0.343 e. The fourth-order valence-corrected chi connectivity index (χ4v) is 4.99. The van der Waals surface area contributed by atoms with Crippen LogP contribution >= 0.6 is 0 Å². The Kier molecular flexibility index (Phi) is 6.90. The topological polar surface area (TPSA) is 105 Å². The van der Waals surface area contributed by atoms with Gasteiger partial charge in [0.15, 0.2) is 5.82 Å². The number of carbonyl (C=O) groups is 1. The summed E-state index contributed by atoms with van der Waals surface area (Å²) in [5.74, 6) is 1.26. The van der Waals surface area contributed by atoms with E-state index in [1.165, 1.54) is 0 Å². The molecule has 1 saturated heterocycles. The molecule has 0 saturated carbocycles. The summed E-state index contributed by atoms with van der Waals surface area (Å²) in [5.41, 5.74) is 2.99. The van der Waals surface area contributed by atoms with Crippen LogP contribution in [0.5, 0.6) is 0 Å². The zero-order chi connectivity index (χ0) is 23.4. The molecular formula is C24H28N4O4S. The quantitative estimate of drug-likeness (QED) is 0.570. The molecule has 1 aromatic heterocycles. The normalized spacial score (nSPS) is 15.0. The molecule has 0 bridgehead atoms. The molecule has 2 heterocycles. The summed E-state index contributed by atoms with van der Waals surface area (Å²) in [6.07, 6.45) is 1.61. The van der Waals surface area contributed by atoms with Crippen molar-refractivity contribution in [1.82, 2.24) is 19.8 Å². The van der Waals surface area contributed by atoms with E-state index in [9.17, 15) is 13.2 Å². The third-order valence-corrected chi connectivity index (χ3v) is 7.47. The van der Waals surface area contributed by atoms with Crippen molar-refractivity contribution in [1.29, 1.82) is 0 Å². The minimum atomic E-state index is -3.62. The highest BCUT2D eigenvalue weighted by Crippen LogP contribution is 2.29. The second-order valence-corrected chi connectivity index (χ2v) is 10.2. The molecule has 3 aromatic rings. The first-order valence-electron chi connectivity index (χ1n) is 11.1.